The zero-order valence-electron chi connectivity index (χ0n) is 12.5. The van der Waals surface area contributed by atoms with Gasteiger partial charge in [0.15, 0.2) is 5.16 Å². The summed E-state index contributed by atoms with van der Waals surface area (Å²) in [7, 11) is 0. The molecular weight excluding hydrogens is 308 g/mol. The molecule has 5 nitrogen and oxygen atoms in total. The van der Waals surface area contributed by atoms with E-state index in [9.17, 15) is 0 Å². The molecule has 6 heteroatoms. The fourth-order valence-electron chi connectivity index (χ4n) is 2.30. The fourth-order valence-corrected chi connectivity index (χ4v) is 3.19. The average Bonchev–Trinajstić information content (AvgIpc) is 3.16. The van der Waals surface area contributed by atoms with Crippen molar-refractivity contribution in [2.45, 2.75) is 17.8 Å². The summed E-state index contributed by atoms with van der Waals surface area (Å²) < 4.78 is 5.78. The van der Waals surface area contributed by atoms with Gasteiger partial charge in [0.1, 0.15) is 5.76 Å². The van der Waals surface area contributed by atoms with E-state index >= 15 is 0 Å². The second-order valence-corrected chi connectivity index (χ2v) is 6.08. The number of rotatable bonds is 4. The Morgan fingerprint density at radius 3 is 2.83 bits per heavy atom. The second kappa shape index (κ2) is 5.89. The minimum atomic E-state index is 0.660. The summed E-state index contributed by atoms with van der Waals surface area (Å²) in [6.45, 7) is 1.94. The molecule has 0 aliphatic rings. The van der Waals surface area contributed by atoms with Crippen LogP contribution in [-0.2, 0) is 5.75 Å². The molecule has 0 aliphatic carbocycles. The average molecular weight is 322 g/mol. The van der Waals surface area contributed by atoms with Gasteiger partial charge in [-0.1, -0.05) is 30.0 Å². The first-order valence-corrected chi connectivity index (χ1v) is 8.22. The molecule has 23 heavy (non-hydrogen) atoms. The maximum absolute atomic E-state index is 5.78. The topological polar surface area (TPSA) is 67.6 Å². The standard InChI is InChI=1S/C17H14N4OS/c1-11-15(19-16(22-11)12-5-3-2-4-6-12)10-23-17-20-13-7-8-18-9-14(13)21-17/h2-9H,10H2,1H3,(H,20,21). The van der Waals surface area contributed by atoms with E-state index in [0.29, 0.717) is 11.6 Å². The van der Waals surface area contributed by atoms with Crippen molar-refractivity contribution in [3.8, 4) is 11.5 Å². The Balaban J connectivity index is 1.54. The van der Waals surface area contributed by atoms with Crippen molar-refractivity contribution in [3.63, 3.8) is 0 Å². The van der Waals surface area contributed by atoms with Crippen LogP contribution in [0.2, 0.25) is 0 Å². The molecule has 0 aliphatic heterocycles. The normalized spacial score (nSPS) is 11.2. The van der Waals surface area contributed by atoms with Gasteiger partial charge >= 0.3 is 0 Å². The van der Waals surface area contributed by atoms with Gasteiger partial charge in [-0.2, -0.15) is 0 Å². The van der Waals surface area contributed by atoms with Gasteiger partial charge in [0.25, 0.3) is 0 Å². The van der Waals surface area contributed by atoms with E-state index < -0.39 is 0 Å². The number of hydrogen-bond acceptors (Lipinski definition) is 5. The highest BCUT2D eigenvalue weighted by Gasteiger charge is 2.12. The molecule has 0 unspecified atom stereocenters. The van der Waals surface area contributed by atoms with Crippen molar-refractivity contribution in [1.29, 1.82) is 0 Å². The molecule has 3 heterocycles. The second-order valence-electron chi connectivity index (χ2n) is 5.11. The van der Waals surface area contributed by atoms with Crippen molar-refractivity contribution < 1.29 is 4.42 Å². The summed E-state index contributed by atoms with van der Waals surface area (Å²) >= 11 is 1.61. The molecule has 0 radical (unpaired) electrons. The molecule has 4 rings (SSSR count). The lowest BCUT2D eigenvalue weighted by molar-refractivity contribution is 0.540. The van der Waals surface area contributed by atoms with Crippen LogP contribution >= 0.6 is 11.8 Å². The van der Waals surface area contributed by atoms with Gasteiger partial charge in [0, 0.05) is 17.5 Å². The molecular formula is C17H14N4OS. The third-order valence-electron chi connectivity index (χ3n) is 3.52. The predicted octanol–water partition coefficient (Wildman–Crippen LogP) is 4.21. The monoisotopic (exact) mass is 322 g/mol. The van der Waals surface area contributed by atoms with Crippen LogP contribution in [0.4, 0.5) is 0 Å². The minimum Gasteiger partial charge on any atom is -0.441 e. The number of hydrogen-bond donors (Lipinski definition) is 1. The Bertz CT molecular complexity index is 913. The molecule has 0 fully saturated rings. The molecule has 4 aromatic rings. The number of nitrogens with zero attached hydrogens (tertiary/aromatic N) is 3. The van der Waals surface area contributed by atoms with E-state index in [1.54, 1.807) is 24.2 Å². The molecule has 0 atom stereocenters. The van der Waals surface area contributed by atoms with Crippen LogP contribution < -0.4 is 0 Å². The van der Waals surface area contributed by atoms with Gasteiger partial charge in [-0.15, -0.1) is 0 Å². The van der Waals surface area contributed by atoms with E-state index in [0.717, 1.165) is 33.2 Å². The Morgan fingerprint density at radius 2 is 2.00 bits per heavy atom. The number of nitrogens with one attached hydrogen (secondary N) is 1. The Morgan fingerprint density at radius 1 is 1.13 bits per heavy atom. The lowest BCUT2D eigenvalue weighted by atomic mass is 10.2. The van der Waals surface area contributed by atoms with Gasteiger partial charge in [0.05, 0.1) is 22.9 Å². The highest BCUT2D eigenvalue weighted by molar-refractivity contribution is 7.98. The van der Waals surface area contributed by atoms with E-state index in [1.165, 1.54) is 0 Å². The number of benzene rings is 1. The molecule has 0 amide bonds. The SMILES string of the molecule is Cc1oc(-c2ccccc2)nc1CSc1nc2ccncc2[nH]1. The largest absolute Gasteiger partial charge is 0.441 e. The minimum absolute atomic E-state index is 0.660. The summed E-state index contributed by atoms with van der Waals surface area (Å²) in [6, 6.07) is 11.8. The van der Waals surface area contributed by atoms with Crippen LogP contribution in [0.5, 0.6) is 0 Å². The van der Waals surface area contributed by atoms with E-state index in [1.807, 2.05) is 43.3 Å². The molecule has 1 N–H and O–H groups in total. The zero-order valence-corrected chi connectivity index (χ0v) is 13.3. The Hall–Kier alpha value is -2.60. The number of oxazole rings is 1. The maximum atomic E-state index is 5.78. The molecule has 3 aromatic heterocycles. The van der Waals surface area contributed by atoms with E-state index in [2.05, 4.69) is 19.9 Å². The van der Waals surface area contributed by atoms with Gasteiger partial charge < -0.3 is 9.40 Å². The molecule has 0 saturated heterocycles. The van der Waals surface area contributed by atoms with Crippen LogP contribution in [0.15, 0.2) is 58.4 Å². The molecule has 0 spiro atoms. The summed E-state index contributed by atoms with van der Waals surface area (Å²) in [5, 5.41) is 0.858. The van der Waals surface area contributed by atoms with Crippen molar-refractivity contribution >= 4 is 22.8 Å². The summed E-state index contributed by atoms with van der Waals surface area (Å²) in [4.78, 5) is 16.5. The fraction of sp³-hybridized carbons (Fsp3) is 0.118. The van der Waals surface area contributed by atoms with Crippen molar-refractivity contribution in [2.75, 3.05) is 0 Å². The van der Waals surface area contributed by atoms with Crippen molar-refractivity contribution in [2.24, 2.45) is 0 Å². The van der Waals surface area contributed by atoms with Crippen molar-refractivity contribution in [1.82, 2.24) is 19.9 Å². The summed E-state index contributed by atoms with van der Waals surface area (Å²) in [5.41, 5.74) is 3.79. The molecule has 0 saturated carbocycles. The highest BCUT2D eigenvalue weighted by Crippen LogP contribution is 2.27. The van der Waals surface area contributed by atoms with Crippen LogP contribution in [0.1, 0.15) is 11.5 Å². The summed E-state index contributed by atoms with van der Waals surface area (Å²) in [6.07, 6.45) is 3.52. The lowest BCUT2D eigenvalue weighted by Crippen LogP contribution is -1.85. The molecule has 0 bridgehead atoms. The van der Waals surface area contributed by atoms with Crippen molar-refractivity contribution in [3.05, 3.63) is 60.2 Å². The summed E-state index contributed by atoms with van der Waals surface area (Å²) in [5.74, 6) is 2.21. The number of fused-ring (bicyclic) bond motifs is 1. The third-order valence-corrected chi connectivity index (χ3v) is 4.41. The van der Waals surface area contributed by atoms with Crippen LogP contribution in [0.25, 0.3) is 22.5 Å². The predicted molar refractivity (Wildman–Crippen MR) is 90.1 cm³/mol. The first-order valence-electron chi connectivity index (χ1n) is 7.24. The number of thioether (sulfide) groups is 1. The van der Waals surface area contributed by atoms with Crippen LogP contribution in [0, 0.1) is 6.92 Å². The molecule has 1 aromatic carbocycles. The maximum Gasteiger partial charge on any atom is 0.226 e. The third kappa shape index (κ3) is 2.85. The molecule has 114 valence electrons. The quantitative estimate of drug-likeness (QED) is 0.570. The van der Waals surface area contributed by atoms with E-state index in [4.69, 9.17) is 4.42 Å². The lowest BCUT2D eigenvalue weighted by Gasteiger charge is -1.94. The number of aromatic amines is 1. The van der Waals surface area contributed by atoms with Crippen LogP contribution in [0.3, 0.4) is 0 Å². The van der Waals surface area contributed by atoms with Gasteiger partial charge in [-0.25, -0.2) is 9.97 Å². The van der Waals surface area contributed by atoms with Gasteiger partial charge in [0.2, 0.25) is 5.89 Å². The Kier molecular flexibility index (Phi) is 3.59. The highest BCUT2D eigenvalue weighted by atomic mass is 32.2. The van der Waals surface area contributed by atoms with Gasteiger partial charge in [-0.3, -0.25) is 4.98 Å². The smallest absolute Gasteiger partial charge is 0.226 e. The van der Waals surface area contributed by atoms with Crippen LogP contribution in [-0.4, -0.2) is 19.9 Å². The first kappa shape index (κ1) is 14.0. The zero-order chi connectivity index (χ0) is 15.6. The van der Waals surface area contributed by atoms with E-state index in [-0.39, 0.29) is 0 Å². The number of H-pyrrole nitrogens is 1. The number of pyridine rings is 1. The number of aromatic nitrogens is 4. The first-order chi connectivity index (χ1) is 11.3. The number of imidazole rings is 1. The number of aryl methyl sites for hydroxylation is 1. The van der Waals surface area contributed by atoms with Gasteiger partial charge in [-0.05, 0) is 25.1 Å². The Labute approximate surface area is 137 Å².